The van der Waals surface area contributed by atoms with Gasteiger partial charge in [0.15, 0.2) is 11.6 Å². The molecule has 1 saturated heterocycles. The summed E-state index contributed by atoms with van der Waals surface area (Å²) >= 11 is 0. The molecule has 2 heterocycles. The number of carbonyl (C=O) groups is 1. The highest BCUT2D eigenvalue weighted by molar-refractivity contribution is 6.03. The van der Waals surface area contributed by atoms with Crippen molar-refractivity contribution >= 4 is 34.7 Å². The molecule has 0 unspecified atom stereocenters. The average molecular weight is 344 g/mol. The van der Waals surface area contributed by atoms with Crippen molar-refractivity contribution in [1.29, 1.82) is 0 Å². The van der Waals surface area contributed by atoms with Crippen LogP contribution in [0, 0.1) is 0 Å². The van der Waals surface area contributed by atoms with Crippen LogP contribution in [0.25, 0.3) is 17.1 Å². The molecule has 0 saturated carbocycles. The zero-order valence-corrected chi connectivity index (χ0v) is 14.4. The van der Waals surface area contributed by atoms with Gasteiger partial charge in [0.1, 0.15) is 0 Å². The van der Waals surface area contributed by atoms with Crippen molar-refractivity contribution in [2.75, 3.05) is 23.3 Å². The normalized spacial score (nSPS) is 14.2. The van der Waals surface area contributed by atoms with Crippen molar-refractivity contribution in [3.8, 4) is 0 Å². The highest BCUT2D eigenvalue weighted by Gasteiger charge is 2.20. The van der Waals surface area contributed by atoms with E-state index in [1.807, 2.05) is 54.6 Å². The molecule has 1 aliphatic heterocycles. The topological polar surface area (TPSA) is 58.1 Å². The lowest BCUT2D eigenvalue weighted by Gasteiger charge is -2.19. The summed E-state index contributed by atoms with van der Waals surface area (Å²) in [5, 5.41) is 2.91. The molecule has 130 valence electrons. The molecule has 1 N–H and O–H groups in total. The molecular formula is C21H20N4O. The molecule has 1 fully saturated rings. The Morgan fingerprint density at radius 1 is 0.923 bits per heavy atom. The van der Waals surface area contributed by atoms with E-state index in [9.17, 15) is 4.79 Å². The lowest BCUT2D eigenvalue weighted by molar-refractivity contribution is -0.111. The first kappa shape index (κ1) is 16.3. The summed E-state index contributed by atoms with van der Waals surface area (Å²) < 4.78 is 0. The van der Waals surface area contributed by atoms with E-state index >= 15 is 0 Å². The first-order valence-corrected chi connectivity index (χ1v) is 8.85. The number of aromatic nitrogens is 2. The number of fused-ring (bicyclic) bond motifs is 1. The molecule has 2 aromatic carbocycles. The minimum absolute atomic E-state index is 0.209. The molecule has 1 aliphatic rings. The summed E-state index contributed by atoms with van der Waals surface area (Å²) in [6, 6.07) is 17.5. The third-order valence-corrected chi connectivity index (χ3v) is 4.43. The zero-order valence-electron chi connectivity index (χ0n) is 14.4. The van der Waals surface area contributed by atoms with Crippen LogP contribution in [0.4, 0.5) is 11.6 Å². The second-order valence-electron chi connectivity index (χ2n) is 6.31. The van der Waals surface area contributed by atoms with Crippen LogP contribution < -0.4 is 10.2 Å². The molecule has 5 nitrogen and oxygen atoms in total. The van der Waals surface area contributed by atoms with E-state index in [0.717, 1.165) is 48.3 Å². The monoisotopic (exact) mass is 344 g/mol. The van der Waals surface area contributed by atoms with Crippen molar-refractivity contribution < 1.29 is 4.79 Å². The van der Waals surface area contributed by atoms with E-state index in [2.05, 4.69) is 15.2 Å². The summed E-state index contributed by atoms with van der Waals surface area (Å²) in [4.78, 5) is 24.0. The molecule has 5 heteroatoms. The molecule has 0 atom stereocenters. The van der Waals surface area contributed by atoms with E-state index in [0.29, 0.717) is 5.82 Å². The number of rotatable bonds is 4. The van der Waals surface area contributed by atoms with Crippen LogP contribution in [-0.2, 0) is 4.79 Å². The number of amides is 1. The number of benzene rings is 2. The molecular weight excluding hydrogens is 324 g/mol. The van der Waals surface area contributed by atoms with E-state index < -0.39 is 0 Å². The number of hydrogen-bond donors (Lipinski definition) is 1. The first-order chi connectivity index (χ1) is 12.8. The van der Waals surface area contributed by atoms with E-state index in [4.69, 9.17) is 4.98 Å². The second kappa shape index (κ2) is 7.35. The number of para-hydroxylation sites is 2. The highest BCUT2D eigenvalue weighted by Crippen LogP contribution is 2.27. The maximum atomic E-state index is 12.4. The van der Waals surface area contributed by atoms with Crippen LogP contribution in [0.3, 0.4) is 0 Å². The molecule has 0 bridgehead atoms. The maximum absolute atomic E-state index is 12.4. The smallest absolute Gasteiger partial charge is 0.249 e. The SMILES string of the molecule is O=C(/C=C/c1ccccc1)Nc1nc2ccccc2nc1N1CCCC1. The van der Waals surface area contributed by atoms with Gasteiger partial charge in [-0.1, -0.05) is 42.5 Å². The van der Waals surface area contributed by atoms with Gasteiger partial charge in [-0.15, -0.1) is 0 Å². The van der Waals surface area contributed by atoms with Gasteiger partial charge in [-0.05, 0) is 36.6 Å². The molecule has 4 rings (SSSR count). The van der Waals surface area contributed by atoms with Gasteiger partial charge in [0, 0.05) is 19.2 Å². The number of carbonyl (C=O) groups excluding carboxylic acids is 1. The van der Waals surface area contributed by atoms with Gasteiger partial charge in [0.25, 0.3) is 0 Å². The molecule has 1 aromatic heterocycles. The lowest BCUT2D eigenvalue weighted by Crippen LogP contribution is -2.22. The van der Waals surface area contributed by atoms with Crippen molar-refractivity contribution in [2.24, 2.45) is 0 Å². The second-order valence-corrected chi connectivity index (χ2v) is 6.31. The van der Waals surface area contributed by atoms with Gasteiger partial charge >= 0.3 is 0 Å². The lowest BCUT2D eigenvalue weighted by atomic mass is 10.2. The number of nitrogens with zero attached hydrogens (tertiary/aromatic N) is 3. The Morgan fingerprint density at radius 3 is 2.31 bits per heavy atom. The van der Waals surface area contributed by atoms with E-state index in [-0.39, 0.29) is 5.91 Å². The largest absolute Gasteiger partial charge is 0.354 e. The Balaban J connectivity index is 1.62. The molecule has 0 radical (unpaired) electrons. The Bertz CT molecular complexity index is 947. The van der Waals surface area contributed by atoms with Gasteiger partial charge in [-0.3, -0.25) is 4.79 Å². The van der Waals surface area contributed by atoms with Crippen molar-refractivity contribution in [3.63, 3.8) is 0 Å². The van der Waals surface area contributed by atoms with Crippen LogP contribution in [0.2, 0.25) is 0 Å². The summed E-state index contributed by atoms with van der Waals surface area (Å²) in [6.07, 6.45) is 5.59. The number of nitrogens with one attached hydrogen (secondary N) is 1. The van der Waals surface area contributed by atoms with E-state index in [1.165, 1.54) is 6.08 Å². The summed E-state index contributed by atoms with van der Waals surface area (Å²) in [5.41, 5.74) is 2.59. The quantitative estimate of drug-likeness (QED) is 0.730. The van der Waals surface area contributed by atoms with Gasteiger partial charge in [0.2, 0.25) is 5.91 Å². The predicted molar refractivity (Wildman–Crippen MR) is 105 cm³/mol. The maximum Gasteiger partial charge on any atom is 0.249 e. The summed E-state index contributed by atoms with van der Waals surface area (Å²) in [7, 11) is 0. The third-order valence-electron chi connectivity index (χ3n) is 4.43. The molecule has 0 spiro atoms. The number of anilines is 2. The zero-order chi connectivity index (χ0) is 17.8. The van der Waals surface area contributed by atoms with Crippen molar-refractivity contribution in [3.05, 3.63) is 66.2 Å². The van der Waals surface area contributed by atoms with Crippen LogP contribution in [0.1, 0.15) is 18.4 Å². The van der Waals surface area contributed by atoms with Gasteiger partial charge in [-0.25, -0.2) is 9.97 Å². The van der Waals surface area contributed by atoms with Gasteiger partial charge < -0.3 is 10.2 Å². The Labute approximate surface area is 152 Å². The Morgan fingerprint density at radius 2 is 1.58 bits per heavy atom. The van der Waals surface area contributed by atoms with Crippen LogP contribution in [0.5, 0.6) is 0 Å². The van der Waals surface area contributed by atoms with E-state index in [1.54, 1.807) is 6.08 Å². The predicted octanol–water partition coefficient (Wildman–Crippen LogP) is 3.88. The fourth-order valence-electron chi connectivity index (χ4n) is 3.12. The van der Waals surface area contributed by atoms with Gasteiger partial charge in [-0.2, -0.15) is 0 Å². The summed E-state index contributed by atoms with van der Waals surface area (Å²) in [5.74, 6) is 1.06. The minimum Gasteiger partial charge on any atom is -0.354 e. The van der Waals surface area contributed by atoms with Crippen molar-refractivity contribution in [1.82, 2.24) is 9.97 Å². The van der Waals surface area contributed by atoms with Crippen LogP contribution in [0.15, 0.2) is 60.7 Å². The van der Waals surface area contributed by atoms with Crippen molar-refractivity contribution in [2.45, 2.75) is 12.8 Å². The first-order valence-electron chi connectivity index (χ1n) is 8.85. The molecule has 1 amide bonds. The number of hydrogen-bond acceptors (Lipinski definition) is 4. The van der Waals surface area contributed by atoms with Crippen LogP contribution >= 0.6 is 0 Å². The Hall–Kier alpha value is -3.21. The Kier molecular flexibility index (Phi) is 4.60. The average Bonchev–Trinajstić information content (AvgIpc) is 3.21. The fourth-order valence-corrected chi connectivity index (χ4v) is 3.12. The molecule has 3 aromatic rings. The fraction of sp³-hybridized carbons (Fsp3) is 0.190. The molecule has 0 aliphatic carbocycles. The third kappa shape index (κ3) is 3.57. The highest BCUT2D eigenvalue weighted by atomic mass is 16.1. The molecule has 26 heavy (non-hydrogen) atoms. The summed E-state index contributed by atoms with van der Waals surface area (Å²) in [6.45, 7) is 1.88. The standard InChI is InChI=1S/C21H20N4O/c26-19(13-12-16-8-2-1-3-9-16)24-20-21(25-14-6-7-15-25)23-18-11-5-4-10-17(18)22-20/h1-5,8-13H,6-7,14-15H2,(H,22,24,26)/b13-12+. The minimum atomic E-state index is -0.209. The van der Waals surface area contributed by atoms with Crippen LogP contribution in [-0.4, -0.2) is 29.0 Å². The van der Waals surface area contributed by atoms with Gasteiger partial charge in [0.05, 0.1) is 11.0 Å².